The summed E-state index contributed by atoms with van der Waals surface area (Å²) in [5.74, 6) is 0.168. The fourth-order valence-electron chi connectivity index (χ4n) is 5.27. The van der Waals surface area contributed by atoms with Gasteiger partial charge in [-0.1, -0.05) is 48.6 Å². The molecule has 0 spiro atoms. The van der Waals surface area contributed by atoms with Crippen LogP contribution in [0.1, 0.15) is 63.4 Å². The Labute approximate surface area is 204 Å². The summed E-state index contributed by atoms with van der Waals surface area (Å²) in [5, 5.41) is 0. The van der Waals surface area contributed by atoms with E-state index in [-0.39, 0.29) is 42.4 Å². The quantitative estimate of drug-likeness (QED) is 0.385. The van der Waals surface area contributed by atoms with Gasteiger partial charge in [-0.15, -0.1) is 6.58 Å². The van der Waals surface area contributed by atoms with Gasteiger partial charge < -0.3 is 18.9 Å². The summed E-state index contributed by atoms with van der Waals surface area (Å²) in [5.41, 5.74) is 1.30. The Morgan fingerprint density at radius 3 is 2.44 bits per heavy atom. The van der Waals surface area contributed by atoms with Crippen LogP contribution in [0, 0.1) is 11.8 Å². The topological polar surface area (TPSA) is 54.0 Å². The first-order valence-corrected chi connectivity index (χ1v) is 13.1. The standard InChI is InChI=1S/C29H40O5/c1-2-10-24-25(27(21-26(24)30)34-29-14-7-9-20-32-29)18-17-23(33-28-13-6-8-19-31-28)16-15-22-11-4-3-5-12-22/h2-5,11-12,17-18,23-25,27-29H,1,6-10,13-16,19-21H2/b18-17+/t23-,24+,25+,27?,28?,29?/m0/s1. The minimum atomic E-state index is -0.203. The minimum absolute atomic E-state index is 0.00567. The molecule has 0 N–H and O–H groups in total. The van der Waals surface area contributed by atoms with Gasteiger partial charge in [0.1, 0.15) is 5.78 Å². The van der Waals surface area contributed by atoms with E-state index in [9.17, 15) is 4.79 Å². The van der Waals surface area contributed by atoms with Crippen LogP contribution < -0.4 is 0 Å². The van der Waals surface area contributed by atoms with Gasteiger partial charge >= 0.3 is 0 Å². The average molecular weight is 469 g/mol. The summed E-state index contributed by atoms with van der Waals surface area (Å²) in [6, 6.07) is 10.5. The van der Waals surface area contributed by atoms with E-state index in [0.717, 1.165) is 64.6 Å². The first-order valence-electron chi connectivity index (χ1n) is 13.1. The predicted molar refractivity (Wildman–Crippen MR) is 132 cm³/mol. The van der Waals surface area contributed by atoms with Gasteiger partial charge in [-0.05, 0) is 63.4 Å². The van der Waals surface area contributed by atoms with Crippen molar-refractivity contribution in [1.29, 1.82) is 0 Å². The van der Waals surface area contributed by atoms with E-state index >= 15 is 0 Å². The molecule has 6 atom stereocenters. The van der Waals surface area contributed by atoms with Gasteiger partial charge in [0.05, 0.1) is 12.2 Å². The van der Waals surface area contributed by atoms with Crippen LogP contribution in [0.15, 0.2) is 55.1 Å². The second kappa shape index (κ2) is 13.3. The van der Waals surface area contributed by atoms with E-state index in [0.29, 0.717) is 12.8 Å². The van der Waals surface area contributed by atoms with Gasteiger partial charge in [0.25, 0.3) is 0 Å². The summed E-state index contributed by atoms with van der Waals surface area (Å²) < 4.78 is 24.4. The molecule has 0 amide bonds. The van der Waals surface area contributed by atoms with Crippen molar-refractivity contribution in [2.24, 2.45) is 11.8 Å². The monoisotopic (exact) mass is 468 g/mol. The molecule has 1 aromatic rings. The molecule has 186 valence electrons. The molecule has 3 aliphatic rings. The molecule has 5 heteroatoms. The molecule has 0 aromatic heterocycles. The van der Waals surface area contributed by atoms with E-state index in [1.54, 1.807) is 0 Å². The zero-order valence-electron chi connectivity index (χ0n) is 20.3. The van der Waals surface area contributed by atoms with E-state index in [2.05, 4.69) is 43.0 Å². The Hall–Kier alpha value is -1.79. The highest BCUT2D eigenvalue weighted by atomic mass is 16.7. The lowest BCUT2D eigenvalue weighted by Gasteiger charge is -2.29. The SMILES string of the molecule is C=CC[C@H]1C(=O)CC(OC2CCCCO2)[C@@H]1/C=C/[C@H](CCc1ccccc1)OC1CCCCO1. The molecule has 34 heavy (non-hydrogen) atoms. The van der Waals surface area contributed by atoms with E-state index < -0.39 is 0 Å². The molecule has 3 unspecified atom stereocenters. The second-order valence-corrected chi connectivity index (χ2v) is 9.73. The summed E-state index contributed by atoms with van der Waals surface area (Å²) >= 11 is 0. The fourth-order valence-corrected chi connectivity index (χ4v) is 5.27. The van der Waals surface area contributed by atoms with Crippen molar-refractivity contribution in [2.45, 2.75) is 89.0 Å². The third kappa shape index (κ3) is 7.35. The van der Waals surface area contributed by atoms with Gasteiger partial charge in [-0.25, -0.2) is 0 Å². The van der Waals surface area contributed by atoms with Crippen molar-refractivity contribution >= 4 is 5.78 Å². The zero-order valence-corrected chi connectivity index (χ0v) is 20.3. The normalized spacial score (nSPS) is 31.1. The maximum atomic E-state index is 12.8. The Morgan fingerprint density at radius 1 is 1.03 bits per heavy atom. The van der Waals surface area contributed by atoms with Crippen LogP contribution in [0.2, 0.25) is 0 Å². The number of Topliss-reactive ketones (excluding diaryl/α,β-unsaturated/α-hetero) is 1. The van der Waals surface area contributed by atoms with Crippen molar-refractivity contribution < 1.29 is 23.7 Å². The Balaban J connectivity index is 1.46. The highest BCUT2D eigenvalue weighted by Gasteiger charge is 2.42. The van der Waals surface area contributed by atoms with Crippen LogP contribution in [-0.4, -0.2) is 43.8 Å². The molecule has 0 bridgehead atoms. The van der Waals surface area contributed by atoms with Crippen LogP contribution in [0.5, 0.6) is 0 Å². The smallest absolute Gasteiger partial charge is 0.158 e. The van der Waals surface area contributed by atoms with Crippen molar-refractivity contribution in [3.8, 4) is 0 Å². The zero-order chi connectivity index (χ0) is 23.6. The number of benzene rings is 1. The van der Waals surface area contributed by atoms with Gasteiger partial charge in [0.15, 0.2) is 12.6 Å². The van der Waals surface area contributed by atoms with Crippen molar-refractivity contribution in [2.75, 3.05) is 13.2 Å². The first kappa shape index (κ1) is 25.3. The van der Waals surface area contributed by atoms with Crippen LogP contribution in [0.4, 0.5) is 0 Å². The number of ketones is 1. The highest BCUT2D eigenvalue weighted by molar-refractivity contribution is 5.84. The molecular formula is C29H40O5. The molecule has 1 aliphatic carbocycles. The maximum absolute atomic E-state index is 12.8. The lowest BCUT2D eigenvalue weighted by atomic mass is 9.90. The number of ether oxygens (including phenoxy) is 4. The first-order chi connectivity index (χ1) is 16.7. The van der Waals surface area contributed by atoms with Crippen molar-refractivity contribution in [3.63, 3.8) is 0 Å². The lowest BCUT2D eigenvalue weighted by molar-refractivity contribution is -0.192. The third-order valence-electron chi connectivity index (χ3n) is 7.17. The minimum Gasteiger partial charge on any atom is -0.353 e. The van der Waals surface area contributed by atoms with Crippen LogP contribution in [0.3, 0.4) is 0 Å². The molecule has 2 saturated heterocycles. The van der Waals surface area contributed by atoms with Gasteiger partial charge in [0, 0.05) is 31.5 Å². The summed E-state index contributed by atoms with van der Waals surface area (Å²) in [6.45, 7) is 5.38. The van der Waals surface area contributed by atoms with E-state index in [1.807, 2.05) is 12.1 Å². The van der Waals surface area contributed by atoms with E-state index in [1.165, 1.54) is 5.56 Å². The number of aryl methyl sites for hydroxylation is 1. The van der Waals surface area contributed by atoms with E-state index in [4.69, 9.17) is 18.9 Å². The van der Waals surface area contributed by atoms with Crippen LogP contribution in [-0.2, 0) is 30.2 Å². The summed E-state index contributed by atoms with van der Waals surface area (Å²) in [7, 11) is 0. The molecule has 5 nitrogen and oxygen atoms in total. The number of hydrogen-bond donors (Lipinski definition) is 0. The van der Waals surface area contributed by atoms with Gasteiger partial charge in [0.2, 0.25) is 0 Å². The molecule has 2 aliphatic heterocycles. The highest BCUT2D eigenvalue weighted by Crippen LogP contribution is 2.37. The molecular weight excluding hydrogens is 428 g/mol. The fraction of sp³-hybridized carbons (Fsp3) is 0.621. The molecule has 2 heterocycles. The molecule has 1 saturated carbocycles. The lowest BCUT2D eigenvalue weighted by Crippen LogP contribution is -2.31. The Bertz CT molecular complexity index is 779. The molecule has 0 radical (unpaired) electrons. The summed E-state index contributed by atoms with van der Waals surface area (Å²) in [6.07, 6.45) is 14.7. The Morgan fingerprint density at radius 2 is 1.76 bits per heavy atom. The predicted octanol–water partition coefficient (Wildman–Crippen LogP) is 5.78. The maximum Gasteiger partial charge on any atom is 0.158 e. The molecule has 4 rings (SSSR count). The second-order valence-electron chi connectivity index (χ2n) is 9.73. The van der Waals surface area contributed by atoms with Gasteiger partial charge in [-0.3, -0.25) is 4.79 Å². The third-order valence-corrected chi connectivity index (χ3v) is 7.17. The number of carbonyl (C=O) groups excluding carboxylic acids is 1. The average Bonchev–Trinajstić information content (AvgIpc) is 3.16. The number of hydrogen-bond acceptors (Lipinski definition) is 5. The number of allylic oxidation sites excluding steroid dienone is 1. The largest absolute Gasteiger partial charge is 0.353 e. The summed E-state index contributed by atoms with van der Waals surface area (Å²) in [4.78, 5) is 12.8. The van der Waals surface area contributed by atoms with Crippen LogP contribution >= 0.6 is 0 Å². The van der Waals surface area contributed by atoms with Gasteiger partial charge in [-0.2, -0.15) is 0 Å². The van der Waals surface area contributed by atoms with Crippen molar-refractivity contribution in [1.82, 2.24) is 0 Å². The van der Waals surface area contributed by atoms with Crippen LogP contribution in [0.25, 0.3) is 0 Å². The molecule has 1 aromatic carbocycles. The Kier molecular flexibility index (Phi) is 9.93. The van der Waals surface area contributed by atoms with Crippen molar-refractivity contribution in [3.05, 3.63) is 60.7 Å². The molecule has 3 fully saturated rings. The number of carbonyl (C=O) groups is 1. The number of rotatable bonds is 11.